The zero-order valence-corrected chi connectivity index (χ0v) is 13.4. The normalized spacial score (nSPS) is 34.8. The lowest BCUT2D eigenvalue weighted by atomic mass is 9.98. The molecular formula is C13H25NO11. The van der Waals surface area contributed by atoms with Crippen molar-refractivity contribution < 1.29 is 55.1 Å². The number of aliphatic hydroxyl groups is 8. The van der Waals surface area contributed by atoms with Crippen LogP contribution in [0.5, 0.6) is 0 Å². The molecule has 0 aliphatic carbocycles. The van der Waals surface area contributed by atoms with Gasteiger partial charge in [-0.25, -0.2) is 0 Å². The van der Waals surface area contributed by atoms with Crippen molar-refractivity contribution in [3.05, 3.63) is 0 Å². The highest BCUT2D eigenvalue weighted by atomic mass is 16.7. The van der Waals surface area contributed by atoms with Crippen LogP contribution in [0.4, 0.5) is 0 Å². The molecule has 0 bridgehead atoms. The summed E-state index contributed by atoms with van der Waals surface area (Å²) >= 11 is 0. The minimum atomic E-state index is -2.04. The van der Waals surface area contributed by atoms with Gasteiger partial charge in [0.2, 0.25) is 0 Å². The Kier molecular flexibility index (Phi) is 8.56. The average Bonchev–Trinajstić information content (AvgIpc) is 2.63. The van der Waals surface area contributed by atoms with Gasteiger partial charge >= 0.3 is 0 Å². The predicted octanol–water partition coefficient (Wildman–Crippen LogP) is -6.01. The molecule has 148 valence electrons. The number of likely N-dealkylation sites (N-methyl/N-ethyl adjacent to an activating group) is 1. The zero-order chi connectivity index (χ0) is 19.3. The van der Waals surface area contributed by atoms with Gasteiger partial charge in [-0.2, -0.15) is 0 Å². The van der Waals surface area contributed by atoms with E-state index < -0.39 is 74.2 Å². The van der Waals surface area contributed by atoms with Gasteiger partial charge in [0.25, 0.3) is 5.91 Å². The van der Waals surface area contributed by atoms with Crippen LogP contribution >= 0.6 is 0 Å². The molecule has 0 aromatic rings. The van der Waals surface area contributed by atoms with Crippen LogP contribution in [0, 0.1) is 0 Å². The number of amides is 1. The molecule has 12 nitrogen and oxygen atoms in total. The number of hydrogen-bond acceptors (Lipinski definition) is 11. The van der Waals surface area contributed by atoms with Crippen molar-refractivity contribution in [3.63, 3.8) is 0 Å². The second-order valence-corrected chi connectivity index (χ2v) is 5.60. The number of hydrogen-bond donors (Lipinski definition) is 9. The Labute approximate surface area is 142 Å². The molecule has 0 saturated carbocycles. The Bertz CT molecular complexity index is 423. The maximum absolute atomic E-state index is 11.4. The first-order chi connectivity index (χ1) is 11.7. The Hall–Kier alpha value is -0.930. The van der Waals surface area contributed by atoms with Crippen molar-refractivity contribution in [3.8, 4) is 0 Å². The van der Waals surface area contributed by atoms with E-state index in [2.05, 4.69) is 5.32 Å². The zero-order valence-electron chi connectivity index (χ0n) is 13.4. The molecule has 1 amide bonds. The molecule has 9 N–H and O–H groups in total. The summed E-state index contributed by atoms with van der Waals surface area (Å²) in [6.07, 6.45) is -16.0. The molecule has 25 heavy (non-hydrogen) atoms. The molecule has 0 aromatic carbocycles. The van der Waals surface area contributed by atoms with Gasteiger partial charge in [0.15, 0.2) is 12.4 Å². The van der Waals surface area contributed by atoms with Gasteiger partial charge in [0.05, 0.1) is 13.2 Å². The van der Waals surface area contributed by atoms with Gasteiger partial charge in [-0.05, 0) is 0 Å². The second-order valence-electron chi connectivity index (χ2n) is 5.60. The summed E-state index contributed by atoms with van der Waals surface area (Å²) in [5.41, 5.74) is 0. The Morgan fingerprint density at radius 3 is 2.20 bits per heavy atom. The van der Waals surface area contributed by atoms with E-state index in [-0.39, 0.29) is 0 Å². The molecule has 1 rings (SSSR count). The van der Waals surface area contributed by atoms with Gasteiger partial charge in [0.1, 0.15) is 42.7 Å². The van der Waals surface area contributed by atoms with Crippen LogP contribution in [0.2, 0.25) is 0 Å². The van der Waals surface area contributed by atoms with Crippen LogP contribution in [0.15, 0.2) is 0 Å². The molecule has 1 heterocycles. The van der Waals surface area contributed by atoms with Crippen molar-refractivity contribution in [1.82, 2.24) is 5.32 Å². The fraction of sp³-hybridized carbons (Fsp3) is 0.923. The maximum Gasteiger partial charge on any atom is 0.251 e. The summed E-state index contributed by atoms with van der Waals surface area (Å²) in [6, 6.07) is 0. The average molecular weight is 371 g/mol. The van der Waals surface area contributed by atoms with Gasteiger partial charge in [0, 0.05) is 7.05 Å². The lowest BCUT2D eigenvalue weighted by Gasteiger charge is -2.42. The molecule has 1 aliphatic rings. The monoisotopic (exact) mass is 371 g/mol. The highest BCUT2D eigenvalue weighted by molar-refractivity contribution is 5.80. The summed E-state index contributed by atoms with van der Waals surface area (Å²) in [5, 5.41) is 79.0. The lowest BCUT2D eigenvalue weighted by molar-refractivity contribution is -0.326. The third kappa shape index (κ3) is 5.04. The number of nitrogens with one attached hydrogen (secondary N) is 1. The number of rotatable bonds is 8. The van der Waals surface area contributed by atoms with Crippen molar-refractivity contribution in [1.29, 1.82) is 0 Å². The second kappa shape index (κ2) is 9.68. The minimum absolute atomic E-state index is 0.735. The molecule has 1 fully saturated rings. The molecule has 12 heteroatoms. The highest BCUT2D eigenvalue weighted by Crippen LogP contribution is 2.24. The first-order valence-corrected chi connectivity index (χ1v) is 7.52. The molecule has 0 radical (unpaired) electrons. The number of carbonyl (C=O) groups is 1. The molecule has 0 aromatic heterocycles. The number of aliphatic hydroxyl groups excluding tert-OH is 8. The summed E-state index contributed by atoms with van der Waals surface area (Å²) in [6.45, 7) is -1.67. The summed E-state index contributed by atoms with van der Waals surface area (Å²) in [4.78, 5) is 11.4. The maximum atomic E-state index is 11.4. The minimum Gasteiger partial charge on any atom is -0.394 e. The highest BCUT2D eigenvalue weighted by Gasteiger charge is 2.47. The summed E-state index contributed by atoms with van der Waals surface area (Å²) in [7, 11) is 1.19. The van der Waals surface area contributed by atoms with Crippen molar-refractivity contribution in [2.75, 3.05) is 20.3 Å². The number of carbonyl (C=O) groups excluding carboxylic acids is 1. The molecule has 0 spiro atoms. The van der Waals surface area contributed by atoms with Crippen LogP contribution in [-0.4, -0.2) is 122 Å². The molecular weight excluding hydrogens is 346 g/mol. The SMILES string of the molecule is CNC(=O)[C@@H](O)[C@H](O)[C@@H](O[C@H]1O[C@@H](CO)[C@H](O)[C@@H](O)[C@@H]1O)[C@@H](O)CO. The number of ether oxygens (including phenoxy) is 2. The fourth-order valence-electron chi connectivity index (χ4n) is 2.32. The van der Waals surface area contributed by atoms with Crippen molar-refractivity contribution in [2.45, 2.75) is 55.1 Å². The molecule has 1 saturated heterocycles. The van der Waals surface area contributed by atoms with Crippen molar-refractivity contribution >= 4 is 5.91 Å². The van der Waals surface area contributed by atoms with Crippen molar-refractivity contribution in [2.24, 2.45) is 0 Å². The van der Waals surface area contributed by atoms with E-state index in [1.54, 1.807) is 0 Å². The van der Waals surface area contributed by atoms with E-state index in [0.717, 1.165) is 0 Å². The van der Waals surface area contributed by atoms with E-state index in [4.69, 9.17) is 19.7 Å². The Balaban J connectivity index is 2.95. The Morgan fingerprint density at radius 2 is 1.72 bits per heavy atom. The lowest BCUT2D eigenvalue weighted by Crippen LogP contribution is -2.62. The van der Waals surface area contributed by atoms with E-state index in [1.165, 1.54) is 7.05 Å². The van der Waals surface area contributed by atoms with E-state index in [9.17, 15) is 35.4 Å². The quantitative estimate of drug-likeness (QED) is 0.196. The first-order valence-electron chi connectivity index (χ1n) is 7.52. The van der Waals surface area contributed by atoms with Gasteiger partial charge in [-0.3, -0.25) is 4.79 Å². The van der Waals surface area contributed by atoms with Crippen LogP contribution in [0.3, 0.4) is 0 Å². The van der Waals surface area contributed by atoms with Crippen LogP contribution in [0.25, 0.3) is 0 Å². The summed E-state index contributed by atoms with van der Waals surface area (Å²) in [5.74, 6) is -1.000. The first kappa shape index (κ1) is 22.1. The third-order valence-corrected chi connectivity index (χ3v) is 3.88. The van der Waals surface area contributed by atoms with Crippen LogP contribution in [-0.2, 0) is 14.3 Å². The van der Waals surface area contributed by atoms with E-state index in [0.29, 0.717) is 0 Å². The van der Waals surface area contributed by atoms with E-state index >= 15 is 0 Å². The van der Waals surface area contributed by atoms with Gasteiger partial charge < -0.3 is 55.6 Å². The van der Waals surface area contributed by atoms with Gasteiger partial charge in [-0.15, -0.1) is 0 Å². The topological polar surface area (TPSA) is 209 Å². The van der Waals surface area contributed by atoms with Crippen LogP contribution < -0.4 is 5.32 Å². The molecule has 1 aliphatic heterocycles. The summed E-state index contributed by atoms with van der Waals surface area (Å²) < 4.78 is 10.2. The van der Waals surface area contributed by atoms with Gasteiger partial charge in [-0.1, -0.05) is 0 Å². The third-order valence-electron chi connectivity index (χ3n) is 3.88. The molecule has 0 unspecified atom stereocenters. The fourth-order valence-corrected chi connectivity index (χ4v) is 2.32. The standard InChI is InChI=1S/C13H25NO11/c1-14-12(23)9(21)8(20)11(4(17)2-15)25-13-10(22)7(19)6(18)5(3-16)24-13/h4-11,13,15-22H,2-3H2,1H3,(H,14,23)/t4-,5-,6-,7+,8-,9-,10-,11-,13+/m0/s1. The largest absolute Gasteiger partial charge is 0.394 e. The van der Waals surface area contributed by atoms with E-state index in [1.807, 2.05) is 0 Å². The smallest absolute Gasteiger partial charge is 0.251 e. The van der Waals surface area contributed by atoms with Crippen LogP contribution in [0.1, 0.15) is 0 Å². The molecule has 9 atom stereocenters. The predicted molar refractivity (Wildman–Crippen MR) is 77.8 cm³/mol. The Morgan fingerprint density at radius 1 is 1.12 bits per heavy atom.